The molecule has 1 amide bonds. The van der Waals surface area contributed by atoms with Gasteiger partial charge in [-0.25, -0.2) is 8.78 Å². The van der Waals surface area contributed by atoms with Crippen molar-refractivity contribution in [1.82, 2.24) is 14.1 Å². The average molecular weight is 625 g/mol. The first-order chi connectivity index (χ1) is 16.8. The molecule has 7 nitrogen and oxygen atoms in total. The van der Waals surface area contributed by atoms with Crippen molar-refractivity contribution in [3.63, 3.8) is 0 Å². The molecule has 1 aromatic heterocycles. The molecule has 0 saturated carbocycles. The van der Waals surface area contributed by atoms with E-state index in [-0.39, 0.29) is 29.2 Å². The maximum Gasteiger partial charge on any atom is 0.253 e. The van der Waals surface area contributed by atoms with Gasteiger partial charge in [0.15, 0.2) is 5.82 Å². The maximum atomic E-state index is 14.0. The van der Waals surface area contributed by atoms with E-state index >= 15 is 0 Å². The van der Waals surface area contributed by atoms with Gasteiger partial charge in [-0.3, -0.25) is 13.3 Å². The van der Waals surface area contributed by atoms with E-state index in [0.29, 0.717) is 15.7 Å². The minimum Gasteiger partial charge on any atom is -0.755 e. The molecular weight excluding hydrogens is 609 g/mol. The standard InChI is InChI=1S/C23H17F2IN4O3S2/c24-16-7-6-15(19(25)11-16)13-27-23(31)18-9-8-17(26)12-21(18)30(35(32)33)22-20(28-34-29-22)10-14-4-2-1-3-5-14/h1-9,11-12H,10,13H2,(H,27,31)(H,32,33)/p-1. The quantitative estimate of drug-likeness (QED) is 0.223. The van der Waals surface area contributed by atoms with Crippen LogP contribution in [0.5, 0.6) is 0 Å². The van der Waals surface area contributed by atoms with E-state index in [1.165, 1.54) is 18.2 Å². The maximum absolute atomic E-state index is 14.0. The van der Waals surface area contributed by atoms with E-state index in [4.69, 9.17) is 0 Å². The number of halogens is 3. The number of carbonyl (C=O) groups is 1. The van der Waals surface area contributed by atoms with Gasteiger partial charge in [-0.05, 0) is 52.4 Å². The molecule has 0 aliphatic carbocycles. The molecule has 4 rings (SSSR count). The summed E-state index contributed by atoms with van der Waals surface area (Å²) in [7, 11) is 0. The number of rotatable bonds is 8. The van der Waals surface area contributed by atoms with Crippen molar-refractivity contribution in [2.24, 2.45) is 0 Å². The van der Waals surface area contributed by atoms with E-state index in [1.54, 1.807) is 6.07 Å². The molecule has 0 aliphatic heterocycles. The Balaban J connectivity index is 1.67. The Morgan fingerprint density at radius 3 is 2.57 bits per heavy atom. The molecule has 0 fully saturated rings. The SMILES string of the molecule is O=C(NCc1ccc(F)cc1F)c1ccc(I)cc1N(c1nsnc1Cc1ccccc1)S(=O)[O-]. The van der Waals surface area contributed by atoms with Gasteiger partial charge >= 0.3 is 0 Å². The minimum atomic E-state index is -2.83. The summed E-state index contributed by atoms with van der Waals surface area (Å²) in [4.78, 5) is 13.0. The molecule has 1 unspecified atom stereocenters. The van der Waals surface area contributed by atoms with Gasteiger partial charge in [0.25, 0.3) is 5.91 Å². The molecule has 0 bridgehead atoms. The van der Waals surface area contributed by atoms with Gasteiger partial charge in [0, 0.05) is 28.2 Å². The summed E-state index contributed by atoms with van der Waals surface area (Å²) in [6.07, 6.45) is 0.343. The number of anilines is 2. The Morgan fingerprint density at radius 2 is 1.86 bits per heavy atom. The number of hydrogen-bond donors (Lipinski definition) is 1. The average Bonchev–Trinajstić information content (AvgIpc) is 3.26. The monoisotopic (exact) mass is 625 g/mol. The predicted molar refractivity (Wildman–Crippen MR) is 137 cm³/mol. The van der Waals surface area contributed by atoms with Crippen molar-refractivity contribution in [2.45, 2.75) is 13.0 Å². The third-order valence-electron chi connectivity index (χ3n) is 4.97. The van der Waals surface area contributed by atoms with Crippen LogP contribution in [0.25, 0.3) is 0 Å². The summed E-state index contributed by atoms with van der Waals surface area (Å²) < 4.78 is 62.0. The Kier molecular flexibility index (Phi) is 8.15. The molecule has 0 saturated heterocycles. The molecule has 0 spiro atoms. The van der Waals surface area contributed by atoms with E-state index in [0.717, 1.165) is 33.7 Å². The van der Waals surface area contributed by atoms with Crippen molar-refractivity contribution >= 4 is 63.0 Å². The number of hydrogen-bond acceptors (Lipinski definition) is 6. The van der Waals surface area contributed by atoms with E-state index in [1.807, 2.05) is 52.9 Å². The summed E-state index contributed by atoms with van der Waals surface area (Å²) >= 11 is 0.0417. The second-order valence-corrected chi connectivity index (χ2v) is 9.86. The van der Waals surface area contributed by atoms with Gasteiger partial charge < -0.3 is 9.87 Å². The normalized spacial score (nSPS) is 11.8. The third kappa shape index (κ3) is 6.07. The fourth-order valence-electron chi connectivity index (χ4n) is 3.32. The van der Waals surface area contributed by atoms with Crippen LogP contribution in [0.1, 0.15) is 27.2 Å². The number of nitrogens with one attached hydrogen (secondary N) is 1. The molecule has 1 atom stereocenters. The summed E-state index contributed by atoms with van der Waals surface area (Å²) in [5.74, 6) is -2.07. The fourth-order valence-corrected chi connectivity index (χ4v) is 5.00. The Morgan fingerprint density at radius 1 is 1.09 bits per heavy atom. The van der Waals surface area contributed by atoms with Crippen LogP contribution in [0.15, 0.2) is 66.7 Å². The minimum absolute atomic E-state index is 0.0378. The highest BCUT2D eigenvalue weighted by molar-refractivity contribution is 14.1. The van der Waals surface area contributed by atoms with E-state index in [9.17, 15) is 22.3 Å². The predicted octanol–water partition coefficient (Wildman–Crippen LogP) is 4.87. The smallest absolute Gasteiger partial charge is 0.253 e. The van der Waals surface area contributed by atoms with Gasteiger partial charge in [-0.1, -0.05) is 36.4 Å². The summed E-state index contributed by atoms with van der Waals surface area (Å²) in [6, 6.07) is 17.1. The zero-order valence-electron chi connectivity index (χ0n) is 17.8. The molecule has 3 aromatic carbocycles. The fraction of sp³-hybridized carbons (Fsp3) is 0.0870. The summed E-state index contributed by atoms with van der Waals surface area (Å²) in [5, 5.41) is 2.56. The number of aromatic nitrogens is 2. The number of benzene rings is 3. The van der Waals surface area contributed by atoms with Gasteiger partial charge in [-0.2, -0.15) is 8.75 Å². The largest absolute Gasteiger partial charge is 0.755 e. The van der Waals surface area contributed by atoms with Crippen LogP contribution < -0.4 is 9.62 Å². The van der Waals surface area contributed by atoms with Gasteiger partial charge in [0.05, 0.1) is 34.2 Å². The molecule has 35 heavy (non-hydrogen) atoms. The number of nitrogens with zero attached hydrogens (tertiary/aromatic N) is 3. The van der Waals surface area contributed by atoms with Crippen LogP contribution in [0.3, 0.4) is 0 Å². The van der Waals surface area contributed by atoms with E-state index < -0.39 is 28.8 Å². The highest BCUT2D eigenvalue weighted by Gasteiger charge is 2.24. The van der Waals surface area contributed by atoms with Gasteiger partial charge in [-0.15, -0.1) is 0 Å². The third-order valence-corrected chi connectivity index (χ3v) is 6.87. The molecule has 180 valence electrons. The van der Waals surface area contributed by atoms with Crippen LogP contribution in [0.2, 0.25) is 0 Å². The van der Waals surface area contributed by atoms with Crippen molar-refractivity contribution in [1.29, 1.82) is 0 Å². The first kappa shape index (κ1) is 25.3. The molecule has 12 heteroatoms. The second-order valence-electron chi connectivity index (χ2n) is 7.29. The van der Waals surface area contributed by atoms with Crippen LogP contribution in [0.4, 0.5) is 20.3 Å². The molecule has 1 heterocycles. The Hall–Kier alpha value is -2.81. The first-order valence-electron chi connectivity index (χ1n) is 10.1. The molecule has 4 aromatic rings. The second kappa shape index (κ2) is 11.3. The molecule has 1 N–H and O–H groups in total. The highest BCUT2D eigenvalue weighted by Crippen LogP contribution is 2.33. The highest BCUT2D eigenvalue weighted by atomic mass is 127. The van der Waals surface area contributed by atoms with E-state index in [2.05, 4.69) is 14.1 Å². The number of amides is 1. The molecule has 0 radical (unpaired) electrons. The zero-order valence-corrected chi connectivity index (χ0v) is 21.6. The first-order valence-corrected chi connectivity index (χ1v) is 12.9. The lowest BCUT2D eigenvalue weighted by molar-refractivity contribution is 0.0951. The van der Waals surface area contributed by atoms with Gasteiger partial charge in [0.1, 0.15) is 17.3 Å². The molecular formula is C23H16F2IN4O3S2-. The van der Waals surface area contributed by atoms with Crippen molar-refractivity contribution < 1.29 is 22.3 Å². The Bertz CT molecular complexity index is 1390. The van der Waals surface area contributed by atoms with Crippen LogP contribution in [0, 0.1) is 15.2 Å². The topological polar surface area (TPSA) is 98.2 Å². The van der Waals surface area contributed by atoms with Crippen molar-refractivity contribution in [3.05, 3.63) is 104 Å². The number of carbonyl (C=O) groups excluding carboxylic acids is 1. The summed E-state index contributed by atoms with van der Waals surface area (Å²) in [6.45, 7) is -0.214. The lowest BCUT2D eigenvalue weighted by Gasteiger charge is -2.27. The van der Waals surface area contributed by atoms with Gasteiger partial charge in [0.2, 0.25) is 0 Å². The van der Waals surface area contributed by atoms with Crippen molar-refractivity contribution in [2.75, 3.05) is 4.31 Å². The van der Waals surface area contributed by atoms with Crippen LogP contribution in [-0.2, 0) is 24.2 Å². The van der Waals surface area contributed by atoms with Crippen LogP contribution in [-0.4, -0.2) is 23.4 Å². The summed E-state index contributed by atoms with van der Waals surface area (Å²) in [5.41, 5.74) is 1.55. The molecule has 0 aliphatic rings. The zero-order chi connectivity index (χ0) is 24.9. The van der Waals surface area contributed by atoms with Crippen LogP contribution >= 0.6 is 34.3 Å². The lowest BCUT2D eigenvalue weighted by Crippen LogP contribution is -2.28. The Labute approximate surface area is 220 Å². The van der Waals surface area contributed by atoms with Crippen molar-refractivity contribution in [3.8, 4) is 0 Å². The lowest BCUT2D eigenvalue weighted by atomic mass is 10.1.